The predicted molar refractivity (Wildman–Crippen MR) is 132 cm³/mol. The van der Waals surface area contributed by atoms with E-state index in [-0.39, 0.29) is 5.91 Å². The minimum absolute atomic E-state index is 0.161. The molecule has 1 fully saturated rings. The first-order valence-corrected chi connectivity index (χ1v) is 11.6. The van der Waals surface area contributed by atoms with Gasteiger partial charge >= 0.3 is 0 Å². The lowest BCUT2D eigenvalue weighted by Crippen LogP contribution is -2.29. The van der Waals surface area contributed by atoms with Gasteiger partial charge in [-0.3, -0.25) is 4.79 Å². The first kappa shape index (κ1) is 24.9. The highest BCUT2D eigenvalue weighted by Crippen LogP contribution is 2.28. The van der Waals surface area contributed by atoms with Gasteiger partial charge in [0.05, 0.1) is 7.11 Å². The van der Waals surface area contributed by atoms with Gasteiger partial charge in [-0.25, -0.2) is 4.98 Å². The summed E-state index contributed by atoms with van der Waals surface area (Å²) in [5, 5.41) is 3.62. The van der Waals surface area contributed by atoms with Crippen molar-refractivity contribution in [2.75, 3.05) is 7.11 Å². The summed E-state index contributed by atoms with van der Waals surface area (Å²) >= 11 is 7.78. The molecule has 0 radical (unpaired) electrons. The van der Waals surface area contributed by atoms with Gasteiger partial charge < -0.3 is 10.1 Å². The van der Waals surface area contributed by atoms with Crippen molar-refractivity contribution < 1.29 is 9.53 Å². The SMILES string of the molecule is C=C/C(=C\C=C(/C)C(Cl)NC(C)=O)Cc1cnc(-c2ccc(OC)cc2)s1.CC1CC1. The van der Waals surface area contributed by atoms with Gasteiger partial charge in [0.15, 0.2) is 0 Å². The van der Waals surface area contributed by atoms with E-state index < -0.39 is 5.50 Å². The lowest BCUT2D eigenvalue weighted by Gasteiger charge is -2.10. The average Bonchev–Trinajstić information content (AvgIpc) is 3.40. The van der Waals surface area contributed by atoms with Crippen LogP contribution in [-0.2, 0) is 11.2 Å². The molecule has 1 N–H and O–H groups in total. The smallest absolute Gasteiger partial charge is 0.218 e. The maximum atomic E-state index is 11.1. The van der Waals surface area contributed by atoms with E-state index in [1.54, 1.807) is 18.4 Å². The van der Waals surface area contributed by atoms with Crippen LogP contribution < -0.4 is 10.1 Å². The first-order chi connectivity index (χ1) is 14.8. The topological polar surface area (TPSA) is 51.2 Å². The molecule has 1 aliphatic rings. The number of benzene rings is 1. The normalized spacial score (nSPS) is 14.9. The molecular weight excluding hydrogens is 428 g/mol. The number of aromatic nitrogens is 1. The molecule has 3 rings (SSSR count). The fourth-order valence-corrected chi connectivity index (χ4v) is 3.62. The van der Waals surface area contributed by atoms with Crippen LogP contribution >= 0.6 is 22.9 Å². The number of alkyl halides is 1. The predicted octanol–water partition coefficient (Wildman–Crippen LogP) is 6.54. The number of carbonyl (C=O) groups is 1. The summed E-state index contributed by atoms with van der Waals surface area (Å²) in [6.07, 6.45) is 11.3. The number of rotatable bonds is 8. The van der Waals surface area contributed by atoms with Crippen LogP contribution in [0.1, 0.15) is 38.5 Å². The third kappa shape index (κ3) is 9.11. The number of carbonyl (C=O) groups excluding carboxylic acids is 1. The monoisotopic (exact) mass is 458 g/mol. The van der Waals surface area contributed by atoms with Crippen molar-refractivity contribution in [2.24, 2.45) is 5.92 Å². The van der Waals surface area contributed by atoms with Gasteiger partial charge in [-0.05, 0) is 48.3 Å². The molecular formula is C25H31ClN2O2S. The number of halogens is 1. The Morgan fingerprint density at radius 3 is 2.48 bits per heavy atom. The fourth-order valence-electron chi connectivity index (χ4n) is 2.44. The highest BCUT2D eigenvalue weighted by molar-refractivity contribution is 7.15. The number of amides is 1. The van der Waals surface area contributed by atoms with E-state index in [1.165, 1.54) is 19.8 Å². The summed E-state index contributed by atoms with van der Waals surface area (Å²) in [5.41, 5.74) is 2.45. The molecule has 0 saturated heterocycles. The van der Waals surface area contributed by atoms with Crippen LogP contribution in [0.2, 0.25) is 0 Å². The Balaban J connectivity index is 0.000000762. The molecule has 0 spiro atoms. The van der Waals surface area contributed by atoms with Gasteiger partial charge in [-0.1, -0.05) is 56.2 Å². The Morgan fingerprint density at radius 1 is 1.32 bits per heavy atom. The largest absolute Gasteiger partial charge is 0.497 e. The summed E-state index contributed by atoms with van der Waals surface area (Å²) in [6.45, 7) is 9.48. The van der Waals surface area contributed by atoms with E-state index in [4.69, 9.17) is 16.3 Å². The number of nitrogens with zero attached hydrogens (tertiary/aromatic N) is 1. The van der Waals surface area contributed by atoms with Crippen LogP contribution in [0.15, 0.2) is 66.4 Å². The van der Waals surface area contributed by atoms with Crippen molar-refractivity contribution in [2.45, 2.75) is 45.5 Å². The molecule has 6 heteroatoms. The summed E-state index contributed by atoms with van der Waals surface area (Å²) in [5.74, 6) is 1.75. The van der Waals surface area contributed by atoms with Crippen molar-refractivity contribution in [1.82, 2.24) is 10.3 Å². The second kappa shape index (κ2) is 12.5. The zero-order valence-electron chi connectivity index (χ0n) is 18.7. The zero-order valence-corrected chi connectivity index (χ0v) is 20.2. The maximum Gasteiger partial charge on any atom is 0.218 e. The summed E-state index contributed by atoms with van der Waals surface area (Å²) in [4.78, 5) is 16.7. The third-order valence-electron chi connectivity index (χ3n) is 4.69. The molecule has 1 aliphatic carbocycles. The highest BCUT2D eigenvalue weighted by atomic mass is 35.5. The van der Waals surface area contributed by atoms with E-state index in [1.807, 2.05) is 55.6 Å². The summed E-state index contributed by atoms with van der Waals surface area (Å²) in [7, 11) is 1.65. The third-order valence-corrected chi connectivity index (χ3v) is 6.19. The van der Waals surface area contributed by atoms with E-state index in [0.29, 0.717) is 0 Å². The number of allylic oxidation sites excluding steroid dienone is 4. The molecule has 2 aromatic rings. The van der Waals surface area contributed by atoms with Gasteiger partial charge in [-0.2, -0.15) is 0 Å². The first-order valence-electron chi connectivity index (χ1n) is 10.3. The summed E-state index contributed by atoms with van der Waals surface area (Å²) in [6, 6.07) is 7.86. The molecule has 1 aromatic carbocycles. The van der Waals surface area contributed by atoms with Crippen molar-refractivity contribution in [3.8, 4) is 16.3 Å². The minimum atomic E-state index is -0.519. The molecule has 1 saturated carbocycles. The van der Waals surface area contributed by atoms with Crippen LogP contribution in [0.4, 0.5) is 0 Å². The van der Waals surface area contributed by atoms with Gasteiger partial charge in [-0.15, -0.1) is 11.3 Å². The van der Waals surface area contributed by atoms with Gasteiger partial charge in [0.25, 0.3) is 0 Å². The van der Waals surface area contributed by atoms with E-state index in [9.17, 15) is 4.79 Å². The number of methoxy groups -OCH3 is 1. The molecule has 0 bridgehead atoms. The van der Waals surface area contributed by atoms with Gasteiger partial charge in [0.1, 0.15) is 16.3 Å². The molecule has 4 nitrogen and oxygen atoms in total. The van der Waals surface area contributed by atoms with Crippen molar-refractivity contribution in [3.05, 3.63) is 71.3 Å². The van der Waals surface area contributed by atoms with E-state index in [2.05, 4.69) is 23.8 Å². The Bertz CT molecular complexity index is 927. The van der Waals surface area contributed by atoms with E-state index >= 15 is 0 Å². The number of nitrogens with one attached hydrogen (secondary N) is 1. The Hall–Kier alpha value is -2.37. The maximum absolute atomic E-state index is 11.1. The molecule has 1 heterocycles. The summed E-state index contributed by atoms with van der Waals surface area (Å²) < 4.78 is 5.19. The Morgan fingerprint density at radius 2 is 1.97 bits per heavy atom. The van der Waals surface area contributed by atoms with Crippen LogP contribution in [0, 0.1) is 5.92 Å². The second-order valence-corrected chi connectivity index (χ2v) is 9.19. The molecule has 31 heavy (non-hydrogen) atoms. The lowest BCUT2D eigenvalue weighted by atomic mass is 10.1. The van der Waals surface area contributed by atoms with Crippen LogP contribution in [0.3, 0.4) is 0 Å². The van der Waals surface area contributed by atoms with Crippen molar-refractivity contribution >= 4 is 28.8 Å². The van der Waals surface area contributed by atoms with Crippen LogP contribution in [0.5, 0.6) is 5.75 Å². The lowest BCUT2D eigenvalue weighted by molar-refractivity contribution is -0.119. The van der Waals surface area contributed by atoms with Crippen molar-refractivity contribution in [1.29, 1.82) is 0 Å². The highest BCUT2D eigenvalue weighted by Gasteiger charge is 2.12. The average molecular weight is 459 g/mol. The molecule has 166 valence electrons. The quantitative estimate of drug-likeness (QED) is 0.277. The molecule has 1 amide bonds. The zero-order chi connectivity index (χ0) is 22.8. The second-order valence-electron chi connectivity index (χ2n) is 7.64. The van der Waals surface area contributed by atoms with Crippen LogP contribution in [0.25, 0.3) is 10.6 Å². The van der Waals surface area contributed by atoms with Gasteiger partial charge in [0.2, 0.25) is 5.91 Å². The number of thiazole rings is 1. The number of hydrogen-bond acceptors (Lipinski definition) is 4. The fraction of sp³-hybridized carbons (Fsp3) is 0.360. The number of ether oxygens (including phenoxy) is 1. The number of hydrogen-bond donors (Lipinski definition) is 1. The van der Waals surface area contributed by atoms with E-state index in [0.717, 1.165) is 44.7 Å². The van der Waals surface area contributed by atoms with Gasteiger partial charge in [0, 0.05) is 30.0 Å². The van der Waals surface area contributed by atoms with Crippen LogP contribution in [-0.4, -0.2) is 23.5 Å². The molecule has 1 unspecified atom stereocenters. The molecule has 0 aliphatic heterocycles. The standard InChI is InChI=1S/C21H23ClN2O2S.C4H8/c1-5-16(7-6-14(2)20(22)24-15(3)25)12-19-13-23-21(27-19)17-8-10-18(26-4)11-9-17;1-4-2-3-4/h5-11,13,20H,1,12H2,2-4H3,(H,24,25);4H,2-3H2,1H3/b14-6+,16-7+;. The van der Waals surface area contributed by atoms with Crippen molar-refractivity contribution in [3.63, 3.8) is 0 Å². The minimum Gasteiger partial charge on any atom is -0.497 e. The Kier molecular flexibility index (Phi) is 10.0. The Labute approximate surface area is 194 Å². The molecule has 1 atom stereocenters. The molecule has 1 aromatic heterocycles.